The van der Waals surface area contributed by atoms with E-state index in [2.05, 4.69) is 0 Å². The molecule has 0 aliphatic heterocycles. The van der Waals surface area contributed by atoms with E-state index in [4.69, 9.17) is 4.74 Å². The summed E-state index contributed by atoms with van der Waals surface area (Å²) in [5, 5.41) is 10.3. The van der Waals surface area contributed by atoms with Crippen LogP contribution in [0.15, 0.2) is 59.5 Å². The summed E-state index contributed by atoms with van der Waals surface area (Å²) in [6, 6.07) is 13.9. The van der Waals surface area contributed by atoms with Gasteiger partial charge in [-0.15, -0.1) is 0 Å². The molecule has 0 aliphatic carbocycles. The predicted octanol–water partition coefficient (Wildman–Crippen LogP) is 2.57. The monoisotopic (exact) mass is 338 g/mol. The lowest BCUT2D eigenvalue weighted by Crippen LogP contribution is -2.38. The van der Waals surface area contributed by atoms with Crippen LogP contribution in [0.25, 0.3) is 0 Å². The highest BCUT2D eigenvalue weighted by Gasteiger charge is 2.30. The molecule has 0 bridgehead atoms. The molecule has 0 aromatic heterocycles. The van der Waals surface area contributed by atoms with E-state index in [0.717, 1.165) is 17.7 Å². The standard InChI is InChI=1S/C17H19FO4S/c1-17(19,12-22-11-14-5-3-2-4-6-14)13-23(20,21)16-9-7-15(18)8-10-16/h2-10,19H,11-13H2,1H3/t17-/m1/s1. The summed E-state index contributed by atoms with van der Waals surface area (Å²) in [5.41, 5.74) is -0.605. The molecule has 2 aromatic carbocycles. The number of hydrogen-bond acceptors (Lipinski definition) is 4. The summed E-state index contributed by atoms with van der Waals surface area (Å²) in [6.45, 7) is 1.56. The van der Waals surface area contributed by atoms with Crippen molar-refractivity contribution in [3.63, 3.8) is 0 Å². The number of ether oxygens (including phenoxy) is 1. The van der Waals surface area contributed by atoms with Gasteiger partial charge < -0.3 is 9.84 Å². The van der Waals surface area contributed by atoms with Gasteiger partial charge in [-0.25, -0.2) is 12.8 Å². The molecule has 0 saturated heterocycles. The molecule has 23 heavy (non-hydrogen) atoms. The Morgan fingerprint density at radius 2 is 1.70 bits per heavy atom. The zero-order valence-electron chi connectivity index (χ0n) is 12.8. The minimum atomic E-state index is -3.73. The Morgan fingerprint density at radius 1 is 1.09 bits per heavy atom. The first-order chi connectivity index (χ1) is 10.8. The second-order valence-corrected chi connectivity index (χ2v) is 7.68. The maximum Gasteiger partial charge on any atom is 0.181 e. The molecule has 2 rings (SSSR count). The Balaban J connectivity index is 1.95. The first kappa shape index (κ1) is 17.6. The van der Waals surface area contributed by atoms with Crippen LogP contribution >= 0.6 is 0 Å². The number of halogens is 1. The van der Waals surface area contributed by atoms with Crippen molar-refractivity contribution in [2.45, 2.75) is 24.0 Å². The molecule has 0 aliphatic rings. The van der Waals surface area contributed by atoms with E-state index in [9.17, 15) is 17.9 Å². The number of aliphatic hydroxyl groups is 1. The van der Waals surface area contributed by atoms with Gasteiger partial charge in [0.2, 0.25) is 0 Å². The molecule has 0 heterocycles. The molecule has 2 aromatic rings. The van der Waals surface area contributed by atoms with E-state index < -0.39 is 27.0 Å². The van der Waals surface area contributed by atoms with Crippen molar-refractivity contribution in [3.05, 3.63) is 66.0 Å². The van der Waals surface area contributed by atoms with Crippen LogP contribution in [0.4, 0.5) is 4.39 Å². The van der Waals surface area contributed by atoms with Crippen LogP contribution in [0, 0.1) is 5.82 Å². The maximum atomic E-state index is 12.9. The van der Waals surface area contributed by atoms with Crippen molar-refractivity contribution in [2.75, 3.05) is 12.4 Å². The van der Waals surface area contributed by atoms with E-state index in [1.54, 1.807) is 0 Å². The quantitative estimate of drug-likeness (QED) is 0.788. The molecular weight excluding hydrogens is 319 g/mol. The largest absolute Gasteiger partial charge is 0.387 e. The van der Waals surface area contributed by atoms with Crippen LogP contribution in [0.3, 0.4) is 0 Å². The van der Waals surface area contributed by atoms with Crippen LogP contribution in [0.1, 0.15) is 12.5 Å². The third kappa shape index (κ3) is 5.42. The van der Waals surface area contributed by atoms with Crippen LogP contribution in [-0.4, -0.2) is 31.5 Å². The molecule has 0 saturated carbocycles. The Hall–Kier alpha value is -1.76. The van der Waals surface area contributed by atoms with Gasteiger partial charge in [-0.2, -0.15) is 0 Å². The van der Waals surface area contributed by atoms with E-state index in [1.807, 2.05) is 30.3 Å². The van der Waals surface area contributed by atoms with Gasteiger partial charge in [0, 0.05) is 0 Å². The SMILES string of the molecule is C[C@@](O)(COCc1ccccc1)CS(=O)(=O)c1ccc(F)cc1. The summed E-state index contributed by atoms with van der Waals surface area (Å²) in [7, 11) is -3.73. The fourth-order valence-corrected chi connectivity index (χ4v) is 3.76. The molecule has 0 spiro atoms. The van der Waals surface area contributed by atoms with Gasteiger partial charge in [-0.1, -0.05) is 30.3 Å². The fraction of sp³-hybridized carbons (Fsp3) is 0.294. The second kappa shape index (κ2) is 7.21. The van der Waals surface area contributed by atoms with Gasteiger partial charge in [0.15, 0.2) is 9.84 Å². The predicted molar refractivity (Wildman–Crippen MR) is 85.2 cm³/mol. The minimum absolute atomic E-state index is 0.0257. The van der Waals surface area contributed by atoms with Gasteiger partial charge in [-0.05, 0) is 36.8 Å². The van der Waals surface area contributed by atoms with Gasteiger partial charge in [0.05, 0.1) is 29.5 Å². The molecular formula is C17H19FO4S. The Labute approximate surface area is 135 Å². The van der Waals surface area contributed by atoms with Crippen molar-refractivity contribution >= 4 is 9.84 Å². The van der Waals surface area contributed by atoms with Crippen LogP contribution in [-0.2, 0) is 21.2 Å². The minimum Gasteiger partial charge on any atom is -0.387 e. The summed E-state index contributed by atoms with van der Waals surface area (Å²) < 4.78 is 42.8. The molecule has 0 fully saturated rings. The van der Waals surface area contributed by atoms with E-state index in [1.165, 1.54) is 19.1 Å². The first-order valence-electron chi connectivity index (χ1n) is 7.11. The number of sulfone groups is 1. The second-order valence-electron chi connectivity index (χ2n) is 5.69. The number of rotatable bonds is 7. The molecule has 0 unspecified atom stereocenters. The molecule has 1 N–H and O–H groups in total. The van der Waals surface area contributed by atoms with Crippen LogP contribution in [0.2, 0.25) is 0 Å². The summed E-state index contributed by atoms with van der Waals surface area (Å²) in [6.07, 6.45) is 0. The van der Waals surface area contributed by atoms with Gasteiger partial charge in [0.1, 0.15) is 5.82 Å². The highest BCUT2D eigenvalue weighted by atomic mass is 32.2. The Bertz CT molecular complexity index is 725. The summed E-state index contributed by atoms with van der Waals surface area (Å²) >= 11 is 0. The van der Waals surface area contributed by atoms with E-state index >= 15 is 0 Å². The van der Waals surface area contributed by atoms with Gasteiger partial charge in [0.25, 0.3) is 0 Å². The highest BCUT2D eigenvalue weighted by Crippen LogP contribution is 2.18. The number of benzene rings is 2. The molecule has 1 atom stereocenters. The van der Waals surface area contributed by atoms with Gasteiger partial charge >= 0.3 is 0 Å². The molecule has 0 radical (unpaired) electrons. The van der Waals surface area contributed by atoms with Crippen molar-refractivity contribution in [3.8, 4) is 0 Å². The Morgan fingerprint density at radius 3 is 2.30 bits per heavy atom. The highest BCUT2D eigenvalue weighted by molar-refractivity contribution is 7.91. The summed E-state index contributed by atoms with van der Waals surface area (Å²) in [5.74, 6) is -1.01. The number of hydrogen-bond donors (Lipinski definition) is 1. The Kier molecular flexibility index (Phi) is 5.51. The zero-order chi connectivity index (χ0) is 16.9. The van der Waals surface area contributed by atoms with Crippen molar-refractivity contribution in [1.82, 2.24) is 0 Å². The molecule has 124 valence electrons. The summed E-state index contributed by atoms with van der Waals surface area (Å²) in [4.78, 5) is -0.0257. The van der Waals surface area contributed by atoms with E-state index in [0.29, 0.717) is 0 Å². The van der Waals surface area contributed by atoms with E-state index in [-0.39, 0.29) is 18.1 Å². The normalized spacial score (nSPS) is 14.4. The topological polar surface area (TPSA) is 63.6 Å². The smallest absolute Gasteiger partial charge is 0.181 e. The third-order valence-corrected chi connectivity index (χ3v) is 5.19. The molecule has 4 nitrogen and oxygen atoms in total. The van der Waals surface area contributed by atoms with Crippen molar-refractivity contribution in [2.24, 2.45) is 0 Å². The van der Waals surface area contributed by atoms with Crippen molar-refractivity contribution in [1.29, 1.82) is 0 Å². The average molecular weight is 338 g/mol. The third-order valence-electron chi connectivity index (χ3n) is 3.20. The molecule has 0 amide bonds. The lowest BCUT2D eigenvalue weighted by atomic mass is 10.1. The average Bonchev–Trinajstić information content (AvgIpc) is 2.47. The lowest BCUT2D eigenvalue weighted by molar-refractivity contribution is -0.0246. The van der Waals surface area contributed by atoms with Crippen LogP contribution in [0.5, 0.6) is 0 Å². The fourth-order valence-electron chi connectivity index (χ4n) is 2.14. The van der Waals surface area contributed by atoms with Crippen LogP contribution < -0.4 is 0 Å². The van der Waals surface area contributed by atoms with Crippen molar-refractivity contribution < 1.29 is 22.7 Å². The molecule has 6 heteroatoms. The van der Waals surface area contributed by atoms with Gasteiger partial charge in [-0.3, -0.25) is 0 Å². The maximum absolute atomic E-state index is 12.9. The zero-order valence-corrected chi connectivity index (χ0v) is 13.6. The lowest BCUT2D eigenvalue weighted by Gasteiger charge is -2.23. The first-order valence-corrected chi connectivity index (χ1v) is 8.76.